The topological polar surface area (TPSA) is 33.1 Å². The Morgan fingerprint density at radius 1 is 1.47 bits per heavy atom. The van der Waals surface area contributed by atoms with E-state index < -0.39 is 6.10 Å². The van der Waals surface area contributed by atoms with Crippen LogP contribution in [0.25, 0.3) is 0 Å². The molecule has 1 aromatic rings. The second-order valence-corrected chi connectivity index (χ2v) is 5.27. The maximum atomic E-state index is 9.89. The molecule has 0 aliphatic carbocycles. The van der Waals surface area contributed by atoms with Crippen molar-refractivity contribution in [2.24, 2.45) is 0 Å². The Morgan fingerprint density at radius 3 is 2.73 bits per heavy atom. The molecule has 2 nitrogen and oxygen atoms in total. The van der Waals surface area contributed by atoms with Gasteiger partial charge in [-0.3, -0.25) is 4.98 Å². The normalized spacial score (nSPS) is 14.9. The van der Waals surface area contributed by atoms with Crippen molar-refractivity contribution in [3.63, 3.8) is 0 Å². The van der Waals surface area contributed by atoms with Crippen molar-refractivity contribution in [3.05, 3.63) is 29.6 Å². The molecular weight excluding hydrogens is 206 g/mol. The van der Waals surface area contributed by atoms with Gasteiger partial charge in [-0.05, 0) is 25.0 Å². The first kappa shape index (κ1) is 12.5. The van der Waals surface area contributed by atoms with Crippen LogP contribution in [-0.2, 0) is 0 Å². The molecule has 84 valence electrons. The zero-order chi connectivity index (χ0) is 11.3. The first-order valence-electron chi connectivity index (χ1n) is 5.35. The first-order chi connectivity index (χ1) is 7.13. The highest BCUT2D eigenvalue weighted by atomic mass is 32.2. The molecule has 0 aliphatic heterocycles. The molecule has 2 atom stereocenters. The third-order valence-electron chi connectivity index (χ3n) is 2.43. The number of aromatic nitrogens is 1. The van der Waals surface area contributed by atoms with Gasteiger partial charge in [0.2, 0.25) is 0 Å². The number of nitrogens with zero attached hydrogens (tertiary/aromatic N) is 1. The van der Waals surface area contributed by atoms with Gasteiger partial charge in [0.1, 0.15) is 0 Å². The molecule has 0 aromatic carbocycles. The van der Waals surface area contributed by atoms with E-state index in [0.29, 0.717) is 5.25 Å². The van der Waals surface area contributed by atoms with E-state index in [0.717, 1.165) is 23.4 Å². The van der Waals surface area contributed by atoms with Crippen molar-refractivity contribution in [3.8, 4) is 0 Å². The van der Waals surface area contributed by atoms with E-state index in [-0.39, 0.29) is 0 Å². The molecule has 0 saturated heterocycles. The molecule has 2 unspecified atom stereocenters. The summed E-state index contributed by atoms with van der Waals surface area (Å²) in [6, 6.07) is 3.89. The van der Waals surface area contributed by atoms with Gasteiger partial charge in [-0.15, -0.1) is 0 Å². The molecule has 0 amide bonds. The van der Waals surface area contributed by atoms with Gasteiger partial charge in [-0.1, -0.05) is 19.9 Å². The molecule has 15 heavy (non-hydrogen) atoms. The fraction of sp³-hybridized carbons (Fsp3) is 0.583. The van der Waals surface area contributed by atoms with Crippen molar-refractivity contribution in [2.75, 3.05) is 5.75 Å². The number of hydrogen-bond donors (Lipinski definition) is 1. The van der Waals surface area contributed by atoms with Gasteiger partial charge in [-0.25, -0.2) is 0 Å². The van der Waals surface area contributed by atoms with E-state index in [1.807, 2.05) is 19.1 Å². The van der Waals surface area contributed by atoms with Crippen molar-refractivity contribution in [2.45, 2.75) is 38.5 Å². The highest BCUT2D eigenvalue weighted by Crippen LogP contribution is 2.22. The summed E-state index contributed by atoms with van der Waals surface area (Å²) < 4.78 is 0. The van der Waals surface area contributed by atoms with Gasteiger partial charge in [0.15, 0.2) is 0 Å². The minimum atomic E-state index is -0.392. The van der Waals surface area contributed by atoms with E-state index in [1.165, 1.54) is 0 Å². The lowest BCUT2D eigenvalue weighted by Crippen LogP contribution is -2.05. The number of aliphatic hydroxyl groups is 1. The summed E-state index contributed by atoms with van der Waals surface area (Å²) in [5, 5.41) is 10.5. The molecule has 0 bridgehead atoms. The summed E-state index contributed by atoms with van der Waals surface area (Å²) in [6.07, 6.45) is 2.51. The van der Waals surface area contributed by atoms with Gasteiger partial charge >= 0.3 is 0 Å². The fourth-order valence-corrected chi connectivity index (χ4v) is 2.08. The molecule has 3 heteroatoms. The molecule has 1 aromatic heterocycles. The number of hydrogen-bond acceptors (Lipinski definition) is 3. The van der Waals surface area contributed by atoms with Crippen LogP contribution in [0.2, 0.25) is 0 Å². The summed E-state index contributed by atoms with van der Waals surface area (Å²) in [5.41, 5.74) is 1.90. The van der Waals surface area contributed by atoms with Crippen LogP contribution >= 0.6 is 11.8 Å². The summed E-state index contributed by atoms with van der Waals surface area (Å²) in [5.74, 6) is 0.750. The number of thioether (sulfide) groups is 1. The lowest BCUT2D eigenvalue weighted by molar-refractivity contribution is 0.203. The lowest BCUT2D eigenvalue weighted by Gasteiger charge is -2.13. The van der Waals surface area contributed by atoms with Crippen molar-refractivity contribution < 1.29 is 5.11 Å². The maximum absolute atomic E-state index is 9.89. The van der Waals surface area contributed by atoms with Crippen LogP contribution in [-0.4, -0.2) is 21.1 Å². The summed E-state index contributed by atoms with van der Waals surface area (Å²) in [4.78, 5) is 4.18. The smallest absolute Gasteiger partial charge is 0.0895 e. The SMILES string of the molecule is CCC(C)SCC(O)c1ccc(C)nc1. The summed E-state index contributed by atoms with van der Waals surface area (Å²) in [6.45, 7) is 6.30. The molecular formula is C12H19NOS. The molecule has 0 fully saturated rings. The second-order valence-electron chi connectivity index (χ2n) is 3.80. The van der Waals surface area contributed by atoms with E-state index in [4.69, 9.17) is 0 Å². The molecule has 0 radical (unpaired) electrons. The third kappa shape index (κ3) is 4.22. The zero-order valence-corrected chi connectivity index (χ0v) is 10.4. The Balaban J connectivity index is 2.46. The van der Waals surface area contributed by atoms with Crippen molar-refractivity contribution in [1.29, 1.82) is 0 Å². The van der Waals surface area contributed by atoms with Crippen LogP contribution in [0.3, 0.4) is 0 Å². The van der Waals surface area contributed by atoms with Gasteiger partial charge in [-0.2, -0.15) is 11.8 Å². The highest BCUT2D eigenvalue weighted by molar-refractivity contribution is 7.99. The molecule has 0 saturated carbocycles. The standard InChI is InChI=1S/C12H19NOS/c1-4-10(3)15-8-12(14)11-6-5-9(2)13-7-11/h5-7,10,12,14H,4,8H2,1-3H3. The number of aliphatic hydroxyl groups excluding tert-OH is 1. The Labute approximate surface area is 96.1 Å². The lowest BCUT2D eigenvalue weighted by atomic mass is 10.2. The van der Waals surface area contributed by atoms with Crippen LogP contribution in [0.1, 0.15) is 37.6 Å². The van der Waals surface area contributed by atoms with Gasteiger partial charge in [0.05, 0.1) is 6.10 Å². The molecule has 1 rings (SSSR count). The number of aryl methyl sites for hydroxylation is 1. The predicted molar refractivity (Wildman–Crippen MR) is 66.1 cm³/mol. The van der Waals surface area contributed by atoms with Crippen LogP contribution in [0.4, 0.5) is 0 Å². The molecule has 1 heterocycles. The maximum Gasteiger partial charge on any atom is 0.0895 e. The third-order valence-corrected chi connectivity index (χ3v) is 3.84. The minimum absolute atomic E-state index is 0.392. The largest absolute Gasteiger partial charge is 0.387 e. The molecule has 0 aliphatic rings. The highest BCUT2D eigenvalue weighted by Gasteiger charge is 2.09. The Kier molecular flexibility index (Phi) is 5.12. The van der Waals surface area contributed by atoms with Crippen molar-refractivity contribution in [1.82, 2.24) is 4.98 Å². The van der Waals surface area contributed by atoms with Crippen molar-refractivity contribution >= 4 is 11.8 Å². The van der Waals surface area contributed by atoms with Gasteiger partial charge < -0.3 is 5.11 Å². The van der Waals surface area contributed by atoms with Crippen LogP contribution in [0.15, 0.2) is 18.3 Å². The first-order valence-corrected chi connectivity index (χ1v) is 6.40. The average molecular weight is 225 g/mol. The number of pyridine rings is 1. The Morgan fingerprint density at radius 2 is 2.20 bits per heavy atom. The quantitative estimate of drug-likeness (QED) is 0.836. The fourth-order valence-electron chi connectivity index (χ4n) is 1.15. The van der Waals surface area contributed by atoms with E-state index in [2.05, 4.69) is 18.8 Å². The van der Waals surface area contributed by atoms with E-state index >= 15 is 0 Å². The van der Waals surface area contributed by atoms with Gasteiger partial charge in [0, 0.05) is 22.9 Å². The summed E-state index contributed by atoms with van der Waals surface area (Å²) >= 11 is 1.81. The van der Waals surface area contributed by atoms with Crippen LogP contribution in [0, 0.1) is 6.92 Å². The monoisotopic (exact) mass is 225 g/mol. The average Bonchev–Trinajstić information content (AvgIpc) is 2.26. The molecule has 0 spiro atoms. The Hall–Kier alpha value is -0.540. The van der Waals surface area contributed by atoms with Crippen LogP contribution in [0.5, 0.6) is 0 Å². The minimum Gasteiger partial charge on any atom is -0.387 e. The summed E-state index contributed by atoms with van der Waals surface area (Å²) in [7, 11) is 0. The number of rotatable bonds is 5. The van der Waals surface area contributed by atoms with E-state index in [9.17, 15) is 5.11 Å². The zero-order valence-electron chi connectivity index (χ0n) is 9.60. The van der Waals surface area contributed by atoms with Gasteiger partial charge in [0.25, 0.3) is 0 Å². The predicted octanol–water partition coefficient (Wildman–Crippen LogP) is 2.96. The van der Waals surface area contributed by atoms with E-state index in [1.54, 1.807) is 18.0 Å². The second kappa shape index (κ2) is 6.13. The Bertz CT molecular complexity index is 286. The molecule has 1 N–H and O–H groups in total. The van der Waals surface area contributed by atoms with Crippen LogP contribution < -0.4 is 0 Å².